The van der Waals surface area contributed by atoms with Crippen molar-refractivity contribution in [1.29, 1.82) is 0 Å². The van der Waals surface area contributed by atoms with Crippen LogP contribution in [0, 0.1) is 17.8 Å². The van der Waals surface area contributed by atoms with Crippen LogP contribution in [0.15, 0.2) is 0 Å². The number of hydrogen-bond donors (Lipinski definition) is 0. The minimum Gasteiger partial charge on any atom is -0.438 e. The van der Waals surface area contributed by atoms with Crippen molar-refractivity contribution in [3.8, 4) is 0 Å². The Labute approximate surface area is 87.5 Å². The zero-order chi connectivity index (χ0) is 9.97. The van der Waals surface area contributed by atoms with E-state index in [4.69, 9.17) is 9.39 Å². The van der Waals surface area contributed by atoms with Crippen LogP contribution < -0.4 is 0 Å². The summed E-state index contributed by atoms with van der Waals surface area (Å²) in [4.78, 5) is 0. The summed E-state index contributed by atoms with van der Waals surface area (Å²) in [5, 5.41) is 0. The largest absolute Gasteiger partial charge is 0.438 e. The van der Waals surface area contributed by atoms with Gasteiger partial charge in [0, 0.05) is 20.8 Å². The van der Waals surface area contributed by atoms with Crippen LogP contribution in [0.2, 0.25) is 12.6 Å². The van der Waals surface area contributed by atoms with Gasteiger partial charge in [-0.2, -0.15) is 0 Å². The molecule has 1 saturated heterocycles. The van der Waals surface area contributed by atoms with Gasteiger partial charge in [0.25, 0.3) is 6.92 Å². The van der Waals surface area contributed by atoms with Gasteiger partial charge in [0.15, 0.2) is 0 Å². The van der Waals surface area contributed by atoms with Crippen molar-refractivity contribution in [3.63, 3.8) is 0 Å². The van der Waals surface area contributed by atoms with E-state index in [0.717, 1.165) is 24.4 Å². The van der Waals surface area contributed by atoms with Gasteiger partial charge in [0.1, 0.15) is 0 Å². The third kappa shape index (κ3) is 2.32. The Kier molecular flexibility index (Phi) is 3.50. The fourth-order valence-corrected chi connectivity index (χ4v) is 3.49. The van der Waals surface area contributed by atoms with E-state index in [1.54, 1.807) is 0 Å². The Morgan fingerprint density at radius 2 is 1.71 bits per heavy atom. The lowest BCUT2D eigenvalue weighted by molar-refractivity contribution is 0.0926. The molecule has 1 aliphatic heterocycles. The Morgan fingerprint density at radius 3 is 2.21 bits per heavy atom. The molecule has 2 aliphatic rings. The summed E-state index contributed by atoms with van der Waals surface area (Å²) in [6.45, 7) is 1.51. The first-order valence-corrected chi connectivity index (χ1v) is 5.83. The summed E-state index contributed by atoms with van der Waals surface area (Å²) < 4.78 is 10.8. The average Bonchev–Trinajstić information content (AvgIpc) is 2.16. The van der Waals surface area contributed by atoms with E-state index >= 15 is 0 Å². The average molecular weight is 196 g/mol. The SMILES string of the molecule is COCC1CC2CB(OC)CC(C1)C2. The lowest BCUT2D eigenvalue weighted by Crippen LogP contribution is -2.37. The topological polar surface area (TPSA) is 18.5 Å². The molecule has 14 heavy (non-hydrogen) atoms. The van der Waals surface area contributed by atoms with Crippen molar-refractivity contribution in [2.24, 2.45) is 17.8 Å². The minimum absolute atomic E-state index is 0.544. The molecule has 0 aromatic rings. The van der Waals surface area contributed by atoms with E-state index in [2.05, 4.69) is 0 Å². The standard InChI is InChI=1S/C11H21BO2/c1-13-8-11-4-9-3-10(5-11)7-12(6-9)14-2/h9-11H,3-8H2,1-2H3. The first kappa shape index (κ1) is 10.5. The predicted molar refractivity (Wildman–Crippen MR) is 58.6 cm³/mol. The van der Waals surface area contributed by atoms with Crippen LogP contribution in [0.4, 0.5) is 0 Å². The summed E-state index contributed by atoms with van der Waals surface area (Å²) in [5.41, 5.74) is 0. The maximum Gasteiger partial charge on any atom is 0.293 e. The van der Waals surface area contributed by atoms with E-state index < -0.39 is 0 Å². The third-order valence-electron chi connectivity index (χ3n) is 3.93. The Hall–Kier alpha value is -0.0151. The number of hydrogen-bond acceptors (Lipinski definition) is 2. The van der Waals surface area contributed by atoms with Gasteiger partial charge in [-0.15, -0.1) is 0 Å². The molecule has 1 heterocycles. The van der Waals surface area contributed by atoms with Crippen molar-refractivity contribution in [3.05, 3.63) is 0 Å². The Balaban J connectivity index is 1.88. The summed E-state index contributed by atoms with van der Waals surface area (Å²) in [6.07, 6.45) is 6.74. The second-order valence-corrected chi connectivity index (χ2v) is 5.09. The zero-order valence-corrected chi connectivity index (χ0v) is 9.37. The van der Waals surface area contributed by atoms with E-state index in [1.165, 1.54) is 31.9 Å². The summed E-state index contributed by atoms with van der Waals surface area (Å²) in [5.74, 6) is 2.64. The number of ether oxygens (including phenoxy) is 1. The third-order valence-corrected chi connectivity index (χ3v) is 3.93. The van der Waals surface area contributed by atoms with Gasteiger partial charge in [-0.05, 0) is 49.7 Å². The number of methoxy groups -OCH3 is 1. The quantitative estimate of drug-likeness (QED) is 0.645. The van der Waals surface area contributed by atoms with Crippen LogP contribution in [0.25, 0.3) is 0 Å². The first-order chi connectivity index (χ1) is 6.81. The van der Waals surface area contributed by atoms with Crippen molar-refractivity contribution < 1.29 is 9.39 Å². The molecule has 0 spiro atoms. The Bertz CT molecular complexity index is 172. The van der Waals surface area contributed by atoms with Gasteiger partial charge in [-0.3, -0.25) is 0 Å². The predicted octanol–water partition coefficient (Wildman–Crippen LogP) is 2.32. The summed E-state index contributed by atoms with van der Waals surface area (Å²) >= 11 is 0. The summed E-state index contributed by atoms with van der Waals surface area (Å²) in [7, 11) is 3.68. The van der Waals surface area contributed by atoms with Crippen molar-refractivity contribution in [2.45, 2.75) is 31.9 Å². The van der Waals surface area contributed by atoms with E-state index in [0.29, 0.717) is 6.92 Å². The second kappa shape index (κ2) is 4.67. The maximum absolute atomic E-state index is 5.49. The molecular formula is C11H21BO2. The fraction of sp³-hybridized carbons (Fsp3) is 1.00. The molecule has 0 radical (unpaired) electrons. The molecule has 0 N–H and O–H groups in total. The molecule has 2 unspecified atom stereocenters. The molecule has 2 fully saturated rings. The van der Waals surface area contributed by atoms with Gasteiger partial charge in [0.05, 0.1) is 0 Å². The van der Waals surface area contributed by atoms with Crippen molar-refractivity contribution >= 4 is 6.92 Å². The first-order valence-electron chi connectivity index (χ1n) is 5.83. The zero-order valence-electron chi connectivity index (χ0n) is 9.37. The highest BCUT2D eigenvalue weighted by Gasteiger charge is 2.37. The van der Waals surface area contributed by atoms with E-state index in [1.807, 2.05) is 14.2 Å². The molecule has 2 nitrogen and oxygen atoms in total. The van der Waals surface area contributed by atoms with Crippen LogP contribution >= 0.6 is 0 Å². The van der Waals surface area contributed by atoms with Gasteiger partial charge in [0.2, 0.25) is 0 Å². The van der Waals surface area contributed by atoms with E-state index in [9.17, 15) is 0 Å². The highest BCUT2D eigenvalue weighted by Crippen LogP contribution is 2.43. The van der Waals surface area contributed by atoms with Crippen LogP contribution in [-0.2, 0) is 9.39 Å². The number of rotatable bonds is 3. The van der Waals surface area contributed by atoms with Gasteiger partial charge >= 0.3 is 0 Å². The number of fused-ring (bicyclic) bond motifs is 2. The monoisotopic (exact) mass is 196 g/mol. The van der Waals surface area contributed by atoms with Crippen molar-refractivity contribution in [2.75, 3.05) is 20.8 Å². The van der Waals surface area contributed by atoms with Crippen LogP contribution in [0.1, 0.15) is 19.3 Å². The molecule has 80 valence electrons. The smallest absolute Gasteiger partial charge is 0.293 e. The highest BCUT2D eigenvalue weighted by atomic mass is 16.5. The highest BCUT2D eigenvalue weighted by molar-refractivity contribution is 6.52. The van der Waals surface area contributed by atoms with Crippen LogP contribution in [-0.4, -0.2) is 27.7 Å². The van der Waals surface area contributed by atoms with Crippen molar-refractivity contribution in [1.82, 2.24) is 0 Å². The molecule has 0 aromatic carbocycles. The van der Waals surface area contributed by atoms with Gasteiger partial charge in [-0.25, -0.2) is 0 Å². The van der Waals surface area contributed by atoms with Crippen LogP contribution in [0.5, 0.6) is 0 Å². The molecule has 0 aromatic heterocycles. The molecule has 2 rings (SSSR count). The van der Waals surface area contributed by atoms with Crippen LogP contribution in [0.3, 0.4) is 0 Å². The molecule has 1 aliphatic carbocycles. The van der Waals surface area contributed by atoms with Gasteiger partial charge in [-0.1, -0.05) is 0 Å². The lowest BCUT2D eigenvalue weighted by atomic mass is 9.46. The molecule has 2 bridgehead atoms. The molecule has 0 amide bonds. The Morgan fingerprint density at radius 1 is 1.07 bits per heavy atom. The van der Waals surface area contributed by atoms with E-state index in [-0.39, 0.29) is 0 Å². The molecule has 1 saturated carbocycles. The fourth-order valence-electron chi connectivity index (χ4n) is 3.49. The minimum atomic E-state index is 0.544. The molecule has 2 atom stereocenters. The van der Waals surface area contributed by atoms with Gasteiger partial charge < -0.3 is 9.39 Å². The second-order valence-electron chi connectivity index (χ2n) is 5.09. The molecule has 3 heteroatoms. The summed E-state index contributed by atoms with van der Waals surface area (Å²) in [6, 6.07) is 0. The normalized spacial score (nSPS) is 37.3. The lowest BCUT2D eigenvalue weighted by Gasteiger charge is -2.40. The molecular weight excluding hydrogens is 175 g/mol. The maximum atomic E-state index is 5.49.